The average molecular weight is 806 g/mol. The summed E-state index contributed by atoms with van der Waals surface area (Å²) in [6.45, 7) is 0. The number of para-hydroxylation sites is 3. The van der Waals surface area contributed by atoms with Crippen LogP contribution >= 0.6 is 0 Å². The van der Waals surface area contributed by atoms with E-state index in [1.807, 2.05) is 18.2 Å². The number of benzene rings is 10. The summed E-state index contributed by atoms with van der Waals surface area (Å²) in [5, 5.41) is 4.48. The third-order valence-electron chi connectivity index (χ3n) is 12.3. The second-order valence-corrected chi connectivity index (χ2v) is 16.0. The molecule has 0 aliphatic rings. The van der Waals surface area contributed by atoms with E-state index in [9.17, 15) is 0 Å². The molecule has 0 unspecified atom stereocenters. The second kappa shape index (κ2) is 15.3. The lowest BCUT2D eigenvalue weighted by atomic mass is 9.94. The summed E-state index contributed by atoms with van der Waals surface area (Å²) in [5.41, 5.74) is 18.3. The standard InChI is InChI=1S/C60H39NO2/c1-3-13-41(14-4-1)49-17-7-8-18-50(49)43-27-34-47(35-28-43)61(48-36-29-44(30-37-48)52-21-11-22-54-53-19-9-10-24-57(53)62-59(52)54)46-32-25-40(26-33-46)45-31-38-58-56(39-45)55-23-12-20-51(60(55)63-58)42-15-5-2-6-16-42/h1-39H. The molecule has 3 heteroatoms. The SMILES string of the molecule is c1ccc(-c2ccccc2-c2ccc(N(c3ccc(-c4ccc5oc6c(-c7ccccc7)cccc6c5c4)cc3)c3ccc(-c4cccc5c4oc4ccccc45)cc3)cc2)cc1. The van der Waals surface area contributed by atoms with Crippen molar-refractivity contribution in [3.05, 3.63) is 237 Å². The van der Waals surface area contributed by atoms with Gasteiger partial charge in [0, 0.05) is 49.7 Å². The molecule has 0 radical (unpaired) electrons. The van der Waals surface area contributed by atoms with E-state index in [1.54, 1.807) is 0 Å². The van der Waals surface area contributed by atoms with Gasteiger partial charge in [-0.25, -0.2) is 0 Å². The van der Waals surface area contributed by atoms with E-state index >= 15 is 0 Å². The van der Waals surface area contributed by atoms with E-state index in [4.69, 9.17) is 8.83 Å². The summed E-state index contributed by atoms with van der Waals surface area (Å²) in [6.07, 6.45) is 0. The van der Waals surface area contributed by atoms with E-state index in [0.717, 1.165) is 94.3 Å². The fourth-order valence-corrected chi connectivity index (χ4v) is 9.23. The van der Waals surface area contributed by atoms with Gasteiger partial charge in [0.05, 0.1) is 0 Å². The average Bonchev–Trinajstić information content (AvgIpc) is 3.94. The molecule has 2 heterocycles. The summed E-state index contributed by atoms with van der Waals surface area (Å²) >= 11 is 0. The van der Waals surface area contributed by atoms with Crippen molar-refractivity contribution in [2.24, 2.45) is 0 Å². The van der Waals surface area contributed by atoms with Gasteiger partial charge in [-0.1, -0.05) is 182 Å². The molecule has 0 saturated heterocycles. The molecular formula is C60H39NO2. The topological polar surface area (TPSA) is 29.5 Å². The van der Waals surface area contributed by atoms with Crippen LogP contribution in [0.25, 0.3) is 99.5 Å². The predicted octanol–water partition coefficient (Wildman–Crippen LogP) is 17.3. The van der Waals surface area contributed by atoms with Crippen molar-refractivity contribution in [1.29, 1.82) is 0 Å². The first kappa shape index (κ1) is 36.5. The fraction of sp³-hybridized carbons (Fsp3) is 0. The Hall–Kier alpha value is -8.40. The highest BCUT2D eigenvalue weighted by Crippen LogP contribution is 2.42. The molecule has 0 saturated carbocycles. The zero-order chi connectivity index (χ0) is 41.7. The smallest absolute Gasteiger partial charge is 0.143 e. The molecule has 0 amide bonds. The Morgan fingerprint density at radius 3 is 1.19 bits per heavy atom. The summed E-state index contributed by atoms with van der Waals surface area (Å²) in [5.74, 6) is 0. The van der Waals surface area contributed by atoms with Crippen LogP contribution in [0.5, 0.6) is 0 Å². The Morgan fingerprint density at radius 1 is 0.238 bits per heavy atom. The van der Waals surface area contributed by atoms with E-state index in [0.29, 0.717) is 0 Å². The van der Waals surface area contributed by atoms with Gasteiger partial charge in [0.2, 0.25) is 0 Å². The maximum atomic E-state index is 6.50. The number of nitrogens with zero attached hydrogens (tertiary/aromatic N) is 1. The molecule has 0 fully saturated rings. The maximum absolute atomic E-state index is 6.50. The molecule has 63 heavy (non-hydrogen) atoms. The van der Waals surface area contributed by atoms with Gasteiger partial charge in [0.15, 0.2) is 0 Å². The van der Waals surface area contributed by atoms with E-state index < -0.39 is 0 Å². The Kier molecular flexibility index (Phi) is 8.83. The van der Waals surface area contributed by atoms with Crippen LogP contribution in [0.3, 0.4) is 0 Å². The molecule has 296 valence electrons. The lowest BCUT2D eigenvalue weighted by molar-refractivity contribution is 0.669. The van der Waals surface area contributed by atoms with Crippen molar-refractivity contribution < 1.29 is 8.83 Å². The van der Waals surface area contributed by atoms with Gasteiger partial charge in [-0.05, 0) is 99.1 Å². The van der Waals surface area contributed by atoms with E-state index in [-0.39, 0.29) is 0 Å². The lowest BCUT2D eigenvalue weighted by Crippen LogP contribution is -2.09. The number of fused-ring (bicyclic) bond motifs is 6. The van der Waals surface area contributed by atoms with Crippen molar-refractivity contribution >= 4 is 60.9 Å². The van der Waals surface area contributed by atoms with Gasteiger partial charge in [-0.15, -0.1) is 0 Å². The largest absolute Gasteiger partial charge is 0.455 e. The van der Waals surface area contributed by atoms with Crippen molar-refractivity contribution in [2.75, 3.05) is 4.90 Å². The zero-order valence-electron chi connectivity index (χ0n) is 34.3. The number of rotatable bonds is 8. The van der Waals surface area contributed by atoms with Gasteiger partial charge in [0.25, 0.3) is 0 Å². The normalized spacial score (nSPS) is 11.5. The Morgan fingerprint density at radius 2 is 0.619 bits per heavy atom. The highest BCUT2D eigenvalue weighted by Gasteiger charge is 2.18. The van der Waals surface area contributed by atoms with Crippen molar-refractivity contribution in [3.63, 3.8) is 0 Å². The predicted molar refractivity (Wildman–Crippen MR) is 263 cm³/mol. The van der Waals surface area contributed by atoms with Crippen molar-refractivity contribution in [2.45, 2.75) is 0 Å². The molecule has 3 nitrogen and oxygen atoms in total. The van der Waals surface area contributed by atoms with Gasteiger partial charge >= 0.3 is 0 Å². The molecule has 10 aromatic carbocycles. The first-order valence-corrected chi connectivity index (χ1v) is 21.4. The van der Waals surface area contributed by atoms with Crippen LogP contribution in [-0.2, 0) is 0 Å². The van der Waals surface area contributed by atoms with Crippen LogP contribution in [0.1, 0.15) is 0 Å². The zero-order valence-corrected chi connectivity index (χ0v) is 34.3. The van der Waals surface area contributed by atoms with Gasteiger partial charge in [-0.3, -0.25) is 0 Å². The fourth-order valence-electron chi connectivity index (χ4n) is 9.23. The molecule has 0 spiro atoms. The third kappa shape index (κ3) is 6.46. The van der Waals surface area contributed by atoms with Gasteiger partial charge in [-0.2, -0.15) is 0 Å². The molecular weight excluding hydrogens is 767 g/mol. The first-order valence-electron chi connectivity index (χ1n) is 21.4. The minimum Gasteiger partial charge on any atom is -0.455 e. The van der Waals surface area contributed by atoms with Crippen molar-refractivity contribution in [1.82, 2.24) is 0 Å². The third-order valence-corrected chi connectivity index (χ3v) is 12.3. The molecule has 0 aliphatic heterocycles. The molecule has 12 aromatic rings. The lowest BCUT2D eigenvalue weighted by Gasteiger charge is -2.26. The van der Waals surface area contributed by atoms with Gasteiger partial charge < -0.3 is 13.7 Å². The van der Waals surface area contributed by atoms with Gasteiger partial charge in [0.1, 0.15) is 22.3 Å². The minimum atomic E-state index is 0.884. The number of hydrogen-bond donors (Lipinski definition) is 0. The first-order chi connectivity index (χ1) is 31.2. The van der Waals surface area contributed by atoms with Crippen LogP contribution in [0.4, 0.5) is 17.1 Å². The molecule has 0 aliphatic carbocycles. The van der Waals surface area contributed by atoms with E-state index in [2.05, 4.69) is 223 Å². The molecule has 0 atom stereocenters. The minimum absolute atomic E-state index is 0.884. The van der Waals surface area contributed by atoms with Crippen LogP contribution in [-0.4, -0.2) is 0 Å². The highest BCUT2D eigenvalue weighted by atomic mass is 16.3. The number of hydrogen-bond acceptors (Lipinski definition) is 3. The molecule has 2 aromatic heterocycles. The van der Waals surface area contributed by atoms with Crippen LogP contribution in [0.15, 0.2) is 245 Å². The highest BCUT2D eigenvalue weighted by molar-refractivity contribution is 6.11. The monoisotopic (exact) mass is 805 g/mol. The van der Waals surface area contributed by atoms with E-state index in [1.165, 1.54) is 22.3 Å². The summed E-state index contributed by atoms with van der Waals surface area (Å²) in [7, 11) is 0. The Labute approximate surface area is 365 Å². The Bertz CT molecular complexity index is 3580. The van der Waals surface area contributed by atoms with Crippen molar-refractivity contribution in [3.8, 4) is 55.6 Å². The summed E-state index contributed by atoms with van der Waals surface area (Å²) in [4.78, 5) is 2.33. The Balaban J connectivity index is 0.927. The number of furan rings is 2. The second-order valence-electron chi connectivity index (χ2n) is 16.0. The molecule has 0 bridgehead atoms. The van der Waals surface area contributed by atoms with Crippen LogP contribution in [0.2, 0.25) is 0 Å². The summed E-state index contributed by atoms with van der Waals surface area (Å²) < 4.78 is 12.9. The quantitative estimate of drug-likeness (QED) is 0.153. The molecule has 12 rings (SSSR count). The number of anilines is 3. The maximum Gasteiger partial charge on any atom is 0.143 e. The van der Waals surface area contributed by atoms with Crippen LogP contribution in [0, 0.1) is 0 Å². The molecule has 0 N–H and O–H groups in total. The van der Waals surface area contributed by atoms with Crippen LogP contribution < -0.4 is 4.90 Å². The summed E-state index contributed by atoms with van der Waals surface area (Å²) in [6, 6.07) is 84.0.